The van der Waals surface area contributed by atoms with Crippen molar-refractivity contribution < 1.29 is 0 Å². The van der Waals surface area contributed by atoms with E-state index < -0.39 is 0 Å². The first-order chi connectivity index (χ1) is 7.00. The molecule has 15 heavy (non-hydrogen) atoms. The van der Waals surface area contributed by atoms with Gasteiger partial charge in [-0.3, -0.25) is 9.58 Å². The van der Waals surface area contributed by atoms with E-state index in [9.17, 15) is 0 Å². The first-order valence-corrected chi connectivity index (χ1v) is 5.73. The van der Waals surface area contributed by atoms with Crippen LogP contribution < -0.4 is 0 Å². The second-order valence-corrected chi connectivity index (χ2v) is 4.92. The molecule has 2 rings (SSSR count). The molecule has 1 saturated heterocycles. The molecule has 1 fully saturated rings. The third-order valence-electron chi connectivity index (χ3n) is 3.94. The number of aryl methyl sites for hydroxylation is 2. The summed E-state index contributed by atoms with van der Waals surface area (Å²) in [5, 5.41) is 4.46. The highest BCUT2D eigenvalue weighted by Crippen LogP contribution is 2.27. The molecule has 0 aromatic carbocycles. The van der Waals surface area contributed by atoms with E-state index in [-0.39, 0.29) is 0 Å². The number of aromatic nitrogens is 2. The van der Waals surface area contributed by atoms with E-state index in [2.05, 4.69) is 37.7 Å². The van der Waals surface area contributed by atoms with Crippen LogP contribution in [0, 0.1) is 19.8 Å². The van der Waals surface area contributed by atoms with Crippen molar-refractivity contribution >= 4 is 0 Å². The predicted octanol–water partition coefficient (Wildman–Crippen LogP) is 1.88. The van der Waals surface area contributed by atoms with Crippen molar-refractivity contribution in [2.45, 2.75) is 40.3 Å². The minimum absolute atomic E-state index is 0.726. The van der Waals surface area contributed by atoms with Crippen molar-refractivity contribution in [1.29, 1.82) is 0 Å². The summed E-state index contributed by atoms with van der Waals surface area (Å²) in [6.07, 6.45) is 0. The predicted molar refractivity (Wildman–Crippen MR) is 61.7 cm³/mol. The molecule has 2 atom stereocenters. The standard InChI is InChI=1S/C12H21N3/c1-8-6-15(10(8)3)7-12-9(2)13-14(5)11(12)4/h8,10H,6-7H2,1-5H3/t8-,10+/m0/s1. The van der Waals surface area contributed by atoms with Gasteiger partial charge in [-0.15, -0.1) is 0 Å². The summed E-state index contributed by atoms with van der Waals surface area (Å²) >= 11 is 0. The first kappa shape index (κ1) is 10.7. The largest absolute Gasteiger partial charge is 0.296 e. The van der Waals surface area contributed by atoms with Gasteiger partial charge in [0.1, 0.15) is 0 Å². The van der Waals surface area contributed by atoms with Crippen LogP contribution in [0.1, 0.15) is 30.8 Å². The van der Waals surface area contributed by atoms with Crippen LogP contribution in [0.15, 0.2) is 0 Å². The minimum atomic E-state index is 0.726. The van der Waals surface area contributed by atoms with Gasteiger partial charge in [0.25, 0.3) is 0 Å². The third-order valence-corrected chi connectivity index (χ3v) is 3.94. The molecule has 84 valence electrons. The van der Waals surface area contributed by atoms with Crippen LogP contribution in [0.2, 0.25) is 0 Å². The smallest absolute Gasteiger partial charge is 0.0641 e. The zero-order valence-corrected chi connectivity index (χ0v) is 10.4. The Bertz CT molecular complexity index is 367. The van der Waals surface area contributed by atoms with Gasteiger partial charge in [0.2, 0.25) is 0 Å². The Hall–Kier alpha value is -0.830. The monoisotopic (exact) mass is 207 g/mol. The normalized spacial score (nSPS) is 26.7. The van der Waals surface area contributed by atoms with Gasteiger partial charge in [-0.1, -0.05) is 6.92 Å². The van der Waals surface area contributed by atoms with Gasteiger partial charge >= 0.3 is 0 Å². The molecule has 2 heterocycles. The lowest BCUT2D eigenvalue weighted by Crippen LogP contribution is -2.52. The van der Waals surface area contributed by atoms with E-state index >= 15 is 0 Å². The summed E-state index contributed by atoms with van der Waals surface area (Å²) in [4.78, 5) is 2.53. The van der Waals surface area contributed by atoms with Crippen molar-refractivity contribution in [3.8, 4) is 0 Å². The van der Waals surface area contributed by atoms with Crippen LogP contribution in [0.3, 0.4) is 0 Å². The lowest BCUT2D eigenvalue weighted by Gasteiger charge is -2.45. The van der Waals surface area contributed by atoms with Crippen LogP contribution in [0.25, 0.3) is 0 Å². The lowest BCUT2D eigenvalue weighted by molar-refractivity contribution is 0.0303. The molecular formula is C12H21N3. The fourth-order valence-electron chi connectivity index (χ4n) is 2.37. The van der Waals surface area contributed by atoms with Crippen molar-refractivity contribution in [3.05, 3.63) is 17.0 Å². The fraction of sp³-hybridized carbons (Fsp3) is 0.750. The Balaban J connectivity index is 2.11. The number of likely N-dealkylation sites (tertiary alicyclic amines) is 1. The number of rotatable bonds is 2. The molecule has 0 amide bonds. The molecule has 0 bridgehead atoms. The molecule has 0 spiro atoms. The molecular weight excluding hydrogens is 186 g/mol. The molecule has 0 radical (unpaired) electrons. The average Bonchev–Trinajstić information content (AvgIpc) is 2.43. The maximum atomic E-state index is 4.46. The molecule has 1 aliphatic rings. The quantitative estimate of drug-likeness (QED) is 0.738. The minimum Gasteiger partial charge on any atom is -0.296 e. The van der Waals surface area contributed by atoms with Crippen molar-refractivity contribution in [1.82, 2.24) is 14.7 Å². The van der Waals surface area contributed by atoms with Crippen molar-refractivity contribution in [2.75, 3.05) is 6.54 Å². The van der Waals surface area contributed by atoms with Crippen molar-refractivity contribution in [3.63, 3.8) is 0 Å². The number of nitrogens with zero attached hydrogens (tertiary/aromatic N) is 3. The summed E-state index contributed by atoms with van der Waals surface area (Å²) in [7, 11) is 2.02. The Morgan fingerprint density at radius 2 is 2.00 bits per heavy atom. The van der Waals surface area contributed by atoms with Gasteiger partial charge < -0.3 is 0 Å². The van der Waals surface area contributed by atoms with Crippen LogP contribution >= 0.6 is 0 Å². The summed E-state index contributed by atoms with van der Waals surface area (Å²) < 4.78 is 1.98. The van der Waals surface area contributed by atoms with Gasteiger partial charge in [0, 0.05) is 37.4 Å². The Morgan fingerprint density at radius 1 is 1.33 bits per heavy atom. The third kappa shape index (κ3) is 1.69. The van der Waals surface area contributed by atoms with Crippen LogP contribution in [0.4, 0.5) is 0 Å². The van der Waals surface area contributed by atoms with Gasteiger partial charge in [-0.25, -0.2) is 0 Å². The van der Waals surface area contributed by atoms with Gasteiger partial charge in [-0.2, -0.15) is 5.10 Å². The highest BCUT2D eigenvalue weighted by atomic mass is 15.3. The van der Waals surface area contributed by atoms with E-state index in [4.69, 9.17) is 0 Å². The van der Waals surface area contributed by atoms with Gasteiger partial charge in [0.05, 0.1) is 5.69 Å². The molecule has 3 heteroatoms. The molecule has 1 aromatic heterocycles. The van der Waals surface area contributed by atoms with E-state index in [0.29, 0.717) is 0 Å². The summed E-state index contributed by atoms with van der Waals surface area (Å²) in [5.74, 6) is 0.849. The second kappa shape index (κ2) is 3.63. The van der Waals surface area contributed by atoms with Gasteiger partial charge in [0.15, 0.2) is 0 Å². The van der Waals surface area contributed by atoms with Crippen LogP contribution in [0.5, 0.6) is 0 Å². The van der Waals surface area contributed by atoms with Gasteiger partial charge in [-0.05, 0) is 26.7 Å². The highest BCUT2D eigenvalue weighted by Gasteiger charge is 2.32. The topological polar surface area (TPSA) is 21.1 Å². The second-order valence-electron chi connectivity index (χ2n) is 4.92. The Labute approximate surface area is 92.1 Å². The zero-order valence-electron chi connectivity index (χ0n) is 10.4. The molecule has 0 N–H and O–H groups in total. The Morgan fingerprint density at radius 3 is 2.40 bits per heavy atom. The summed E-state index contributed by atoms with van der Waals surface area (Å²) in [6, 6.07) is 0.726. The van der Waals surface area contributed by atoms with E-state index in [1.165, 1.54) is 23.5 Å². The number of hydrogen-bond acceptors (Lipinski definition) is 2. The van der Waals surface area contributed by atoms with Crippen LogP contribution in [-0.2, 0) is 13.6 Å². The SMILES string of the molecule is Cc1nn(C)c(C)c1CN1C[C@H](C)[C@H]1C. The average molecular weight is 207 g/mol. The van der Waals surface area contributed by atoms with Crippen molar-refractivity contribution in [2.24, 2.45) is 13.0 Å². The summed E-state index contributed by atoms with van der Waals surface area (Å²) in [6.45, 7) is 11.2. The zero-order chi connectivity index (χ0) is 11.2. The maximum absolute atomic E-state index is 4.46. The maximum Gasteiger partial charge on any atom is 0.0641 e. The molecule has 1 aliphatic heterocycles. The number of hydrogen-bond donors (Lipinski definition) is 0. The first-order valence-electron chi connectivity index (χ1n) is 5.73. The van der Waals surface area contributed by atoms with E-state index in [0.717, 1.165) is 18.5 Å². The molecule has 0 saturated carbocycles. The summed E-state index contributed by atoms with van der Waals surface area (Å²) in [5.41, 5.74) is 3.90. The fourth-order valence-corrected chi connectivity index (χ4v) is 2.37. The Kier molecular flexibility index (Phi) is 2.59. The van der Waals surface area contributed by atoms with Crippen LogP contribution in [-0.4, -0.2) is 27.3 Å². The lowest BCUT2D eigenvalue weighted by atomic mass is 9.91. The molecule has 0 aliphatic carbocycles. The molecule has 1 aromatic rings. The van der Waals surface area contributed by atoms with E-state index in [1.54, 1.807) is 0 Å². The highest BCUT2D eigenvalue weighted by molar-refractivity contribution is 5.24. The van der Waals surface area contributed by atoms with E-state index in [1.807, 2.05) is 11.7 Å². The molecule has 3 nitrogen and oxygen atoms in total. The molecule has 0 unspecified atom stereocenters.